The molecule has 18 heavy (non-hydrogen) atoms. The molecule has 6 nitrogen and oxygen atoms in total. The first-order chi connectivity index (χ1) is 8.60. The third kappa shape index (κ3) is 2.70. The number of ether oxygens (including phenoxy) is 2. The highest BCUT2D eigenvalue weighted by Gasteiger charge is 2.26. The molecule has 0 bridgehead atoms. The van der Waals surface area contributed by atoms with Crippen LogP contribution in [0.4, 0.5) is 5.69 Å². The van der Waals surface area contributed by atoms with E-state index in [4.69, 9.17) is 15.2 Å². The summed E-state index contributed by atoms with van der Waals surface area (Å²) in [6.07, 6.45) is 2.76. The predicted octanol–water partition coefficient (Wildman–Crippen LogP) is 1.86. The van der Waals surface area contributed by atoms with Crippen LogP contribution in [0.1, 0.15) is 19.3 Å². The summed E-state index contributed by atoms with van der Waals surface area (Å²) in [7, 11) is 1.46. The van der Waals surface area contributed by atoms with Gasteiger partial charge in [-0.2, -0.15) is 0 Å². The van der Waals surface area contributed by atoms with Gasteiger partial charge in [0.15, 0.2) is 0 Å². The van der Waals surface area contributed by atoms with Gasteiger partial charge in [-0.15, -0.1) is 0 Å². The van der Waals surface area contributed by atoms with E-state index in [-0.39, 0.29) is 17.8 Å². The van der Waals surface area contributed by atoms with Gasteiger partial charge in [-0.05, 0) is 19.3 Å². The lowest BCUT2D eigenvalue weighted by Gasteiger charge is -2.18. The molecular weight excluding hydrogens is 236 g/mol. The molecular formula is C12H16N2O4. The van der Waals surface area contributed by atoms with Crippen LogP contribution < -0.4 is 15.2 Å². The number of rotatable bonds is 4. The van der Waals surface area contributed by atoms with Crippen LogP contribution in [0.5, 0.6) is 11.5 Å². The van der Waals surface area contributed by atoms with Crippen LogP contribution in [0.2, 0.25) is 0 Å². The number of benzene rings is 1. The maximum Gasteiger partial charge on any atom is 0.276 e. The van der Waals surface area contributed by atoms with Gasteiger partial charge < -0.3 is 15.2 Å². The fourth-order valence-corrected chi connectivity index (χ4v) is 2.12. The van der Waals surface area contributed by atoms with E-state index in [1.807, 2.05) is 0 Å². The van der Waals surface area contributed by atoms with Crippen molar-refractivity contribution in [3.8, 4) is 11.5 Å². The highest BCUT2D eigenvalue weighted by atomic mass is 16.6. The maximum atomic E-state index is 10.8. The third-order valence-electron chi connectivity index (χ3n) is 3.10. The standard InChI is InChI=1S/C12H16N2O4/c1-17-9-5-8(14(15)16)6-10(7-9)18-12-4-2-3-11(12)13/h5-7,11-12H,2-4,13H2,1H3. The molecule has 0 aliphatic heterocycles. The second-order valence-electron chi connectivity index (χ2n) is 4.37. The lowest BCUT2D eigenvalue weighted by molar-refractivity contribution is -0.385. The number of nitro benzene ring substituents is 1. The Morgan fingerprint density at radius 1 is 1.33 bits per heavy atom. The molecule has 2 rings (SSSR count). The summed E-state index contributed by atoms with van der Waals surface area (Å²) in [6.45, 7) is 0. The van der Waals surface area contributed by atoms with Crippen LogP contribution in [0, 0.1) is 10.1 Å². The van der Waals surface area contributed by atoms with Crippen molar-refractivity contribution < 1.29 is 14.4 Å². The molecule has 1 aliphatic rings. The molecule has 0 spiro atoms. The largest absolute Gasteiger partial charge is 0.496 e. The zero-order chi connectivity index (χ0) is 13.1. The molecule has 1 aromatic carbocycles. The minimum absolute atomic E-state index is 0.00439. The number of nitro groups is 1. The Labute approximate surface area is 105 Å². The van der Waals surface area contributed by atoms with Gasteiger partial charge in [0, 0.05) is 12.1 Å². The summed E-state index contributed by atoms with van der Waals surface area (Å²) in [5, 5.41) is 10.8. The Morgan fingerprint density at radius 2 is 2.06 bits per heavy atom. The van der Waals surface area contributed by atoms with Crippen LogP contribution in [-0.2, 0) is 0 Å². The molecule has 0 amide bonds. The Morgan fingerprint density at radius 3 is 2.61 bits per heavy atom. The second kappa shape index (κ2) is 5.22. The summed E-state index contributed by atoms with van der Waals surface area (Å²) >= 11 is 0. The van der Waals surface area contributed by atoms with Crippen molar-refractivity contribution in [3.63, 3.8) is 0 Å². The van der Waals surface area contributed by atoms with E-state index in [9.17, 15) is 10.1 Å². The van der Waals surface area contributed by atoms with Crippen molar-refractivity contribution >= 4 is 5.69 Å². The van der Waals surface area contributed by atoms with E-state index in [0.29, 0.717) is 11.5 Å². The van der Waals surface area contributed by atoms with Crippen LogP contribution in [0.15, 0.2) is 18.2 Å². The van der Waals surface area contributed by atoms with E-state index in [1.165, 1.54) is 19.2 Å². The lowest BCUT2D eigenvalue weighted by atomic mass is 10.2. The first-order valence-electron chi connectivity index (χ1n) is 5.86. The summed E-state index contributed by atoms with van der Waals surface area (Å²) in [5.41, 5.74) is 5.86. The lowest BCUT2D eigenvalue weighted by Crippen LogP contribution is -2.33. The van der Waals surface area contributed by atoms with Crippen molar-refractivity contribution in [3.05, 3.63) is 28.3 Å². The third-order valence-corrected chi connectivity index (χ3v) is 3.10. The first kappa shape index (κ1) is 12.6. The molecule has 0 aromatic heterocycles. The predicted molar refractivity (Wildman–Crippen MR) is 65.9 cm³/mol. The van der Waals surface area contributed by atoms with E-state index in [2.05, 4.69) is 0 Å². The number of methoxy groups -OCH3 is 1. The van der Waals surface area contributed by atoms with E-state index in [1.54, 1.807) is 6.07 Å². The van der Waals surface area contributed by atoms with Crippen molar-refractivity contribution in [2.75, 3.05) is 7.11 Å². The molecule has 0 saturated heterocycles. The number of hydrogen-bond donors (Lipinski definition) is 1. The number of hydrogen-bond acceptors (Lipinski definition) is 5. The number of non-ortho nitro benzene ring substituents is 1. The van der Waals surface area contributed by atoms with Gasteiger partial charge in [-0.25, -0.2) is 0 Å². The number of nitrogens with zero attached hydrogens (tertiary/aromatic N) is 1. The van der Waals surface area contributed by atoms with E-state index < -0.39 is 4.92 Å². The summed E-state index contributed by atoms with van der Waals surface area (Å²) < 4.78 is 10.7. The molecule has 2 unspecified atom stereocenters. The SMILES string of the molecule is COc1cc(OC2CCCC2N)cc([N+](=O)[O-])c1. The summed E-state index contributed by atoms with van der Waals surface area (Å²) in [4.78, 5) is 10.3. The van der Waals surface area contributed by atoms with Crippen LogP contribution in [-0.4, -0.2) is 24.2 Å². The summed E-state index contributed by atoms with van der Waals surface area (Å²) in [6, 6.07) is 4.39. The molecule has 1 aromatic rings. The Kier molecular flexibility index (Phi) is 3.66. The molecule has 1 aliphatic carbocycles. The Balaban J connectivity index is 2.21. The van der Waals surface area contributed by atoms with Gasteiger partial charge in [-0.1, -0.05) is 0 Å². The zero-order valence-electron chi connectivity index (χ0n) is 10.2. The van der Waals surface area contributed by atoms with Crippen molar-refractivity contribution in [1.82, 2.24) is 0 Å². The van der Waals surface area contributed by atoms with Crippen LogP contribution in [0.25, 0.3) is 0 Å². The van der Waals surface area contributed by atoms with Gasteiger partial charge in [0.1, 0.15) is 17.6 Å². The number of nitrogens with two attached hydrogens (primary N) is 1. The molecule has 0 radical (unpaired) electrons. The Hall–Kier alpha value is -1.82. The van der Waals surface area contributed by atoms with E-state index >= 15 is 0 Å². The van der Waals surface area contributed by atoms with Crippen LogP contribution in [0.3, 0.4) is 0 Å². The van der Waals surface area contributed by atoms with Gasteiger partial charge in [-0.3, -0.25) is 10.1 Å². The minimum atomic E-state index is -0.468. The molecule has 6 heteroatoms. The van der Waals surface area contributed by atoms with Crippen molar-refractivity contribution in [2.24, 2.45) is 5.73 Å². The average Bonchev–Trinajstić information content (AvgIpc) is 2.74. The monoisotopic (exact) mass is 252 g/mol. The topological polar surface area (TPSA) is 87.6 Å². The summed E-state index contributed by atoms with van der Waals surface area (Å²) in [5.74, 6) is 0.842. The van der Waals surface area contributed by atoms with Gasteiger partial charge in [0.25, 0.3) is 5.69 Å². The molecule has 0 heterocycles. The highest BCUT2D eigenvalue weighted by Crippen LogP contribution is 2.30. The van der Waals surface area contributed by atoms with Gasteiger partial charge in [0.05, 0.1) is 24.2 Å². The first-order valence-corrected chi connectivity index (χ1v) is 5.86. The van der Waals surface area contributed by atoms with Crippen LogP contribution >= 0.6 is 0 Å². The molecule has 98 valence electrons. The van der Waals surface area contributed by atoms with Crippen molar-refractivity contribution in [1.29, 1.82) is 0 Å². The molecule has 1 fully saturated rings. The quantitative estimate of drug-likeness (QED) is 0.652. The fraction of sp³-hybridized carbons (Fsp3) is 0.500. The fourth-order valence-electron chi connectivity index (χ4n) is 2.12. The molecule has 1 saturated carbocycles. The maximum absolute atomic E-state index is 10.8. The van der Waals surface area contributed by atoms with Gasteiger partial charge in [0.2, 0.25) is 0 Å². The zero-order valence-corrected chi connectivity index (χ0v) is 10.2. The second-order valence-corrected chi connectivity index (χ2v) is 4.37. The normalized spacial score (nSPS) is 22.8. The average molecular weight is 252 g/mol. The molecule has 2 N–H and O–H groups in total. The Bertz CT molecular complexity index is 450. The highest BCUT2D eigenvalue weighted by molar-refractivity contribution is 5.46. The van der Waals surface area contributed by atoms with Gasteiger partial charge >= 0.3 is 0 Å². The molecule has 2 atom stereocenters. The minimum Gasteiger partial charge on any atom is -0.496 e. The van der Waals surface area contributed by atoms with E-state index in [0.717, 1.165) is 19.3 Å². The smallest absolute Gasteiger partial charge is 0.276 e. The van der Waals surface area contributed by atoms with Crippen molar-refractivity contribution in [2.45, 2.75) is 31.4 Å².